The number of nitrogens with zero attached hydrogens (tertiary/aromatic N) is 2. The lowest BCUT2D eigenvalue weighted by molar-refractivity contribution is -0.134. The second-order valence-corrected chi connectivity index (χ2v) is 9.68. The van der Waals surface area contributed by atoms with Gasteiger partial charge in [-0.2, -0.15) is 5.10 Å². The Morgan fingerprint density at radius 2 is 2.22 bits per heavy atom. The minimum absolute atomic E-state index is 0.0240. The van der Waals surface area contributed by atoms with Crippen LogP contribution in [0.5, 0.6) is 0 Å². The van der Waals surface area contributed by atoms with Gasteiger partial charge in [0.2, 0.25) is 5.91 Å². The molecule has 5 heteroatoms. The summed E-state index contributed by atoms with van der Waals surface area (Å²) in [5, 5.41) is 6.86. The van der Waals surface area contributed by atoms with Crippen LogP contribution in [0, 0.1) is 16.7 Å². The van der Waals surface area contributed by atoms with Crippen molar-refractivity contribution >= 4 is 22.6 Å². The van der Waals surface area contributed by atoms with E-state index in [1.807, 2.05) is 12.4 Å². The highest BCUT2D eigenvalue weighted by Gasteiger charge is 2.51. The molecule has 3 heterocycles. The first-order chi connectivity index (χ1) is 10.9. The van der Waals surface area contributed by atoms with Crippen LogP contribution in [-0.4, -0.2) is 39.3 Å². The molecular weight excluding hydrogens is 306 g/mol. The smallest absolute Gasteiger partial charge is 0.230 e. The standard InChI is InChI=1S/C18H25N3OS/c1-17(2)5-14-6-18(3,10-17)11-21(14)16(22)12-4-15(23-9-12)13-7-19-20-8-13/h4,7-8,12,14H,5-6,9-11H2,1-3H3,(H,19,20). The zero-order valence-corrected chi connectivity index (χ0v) is 14.9. The number of hydrogen-bond acceptors (Lipinski definition) is 3. The van der Waals surface area contributed by atoms with Gasteiger partial charge in [-0.25, -0.2) is 0 Å². The third-order valence-electron chi connectivity index (χ3n) is 5.57. The van der Waals surface area contributed by atoms with Crippen LogP contribution < -0.4 is 0 Å². The fourth-order valence-corrected chi connectivity index (χ4v) is 6.23. The van der Waals surface area contributed by atoms with Gasteiger partial charge < -0.3 is 4.90 Å². The number of aromatic nitrogens is 2. The summed E-state index contributed by atoms with van der Waals surface area (Å²) in [6.45, 7) is 8.02. The number of fused-ring (bicyclic) bond motifs is 2. The first-order valence-electron chi connectivity index (χ1n) is 8.50. The van der Waals surface area contributed by atoms with Crippen molar-refractivity contribution in [1.29, 1.82) is 0 Å². The summed E-state index contributed by atoms with van der Waals surface area (Å²) >= 11 is 1.77. The molecule has 0 radical (unpaired) electrons. The Morgan fingerprint density at radius 1 is 1.39 bits per heavy atom. The van der Waals surface area contributed by atoms with E-state index < -0.39 is 0 Å². The zero-order valence-electron chi connectivity index (χ0n) is 14.1. The Kier molecular flexibility index (Phi) is 3.42. The molecular formula is C18H25N3OS. The quantitative estimate of drug-likeness (QED) is 0.902. The number of likely N-dealkylation sites (tertiary alicyclic amines) is 1. The van der Waals surface area contributed by atoms with Gasteiger partial charge in [-0.3, -0.25) is 9.89 Å². The topological polar surface area (TPSA) is 49.0 Å². The van der Waals surface area contributed by atoms with Gasteiger partial charge in [0.05, 0.1) is 12.1 Å². The van der Waals surface area contributed by atoms with E-state index in [1.54, 1.807) is 11.8 Å². The molecule has 3 unspecified atom stereocenters. The number of H-pyrrole nitrogens is 1. The molecule has 2 fully saturated rings. The lowest BCUT2D eigenvalue weighted by Gasteiger charge is -2.39. The number of amides is 1. The summed E-state index contributed by atoms with van der Waals surface area (Å²) in [7, 11) is 0. The lowest BCUT2D eigenvalue weighted by atomic mass is 9.65. The SMILES string of the molecule is CC1(C)CC2CC(C)(CN2C(=O)C2C=C(c3cn[nH]c3)SC2)C1. The van der Waals surface area contributed by atoms with Crippen LogP contribution in [-0.2, 0) is 4.79 Å². The molecule has 2 aliphatic heterocycles. The number of carbonyl (C=O) groups excluding carboxylic acids is 1. The summed E-state index contributed by atoms with van der Waals surface area (Å²) in [6, 6.07) is 0.438. The molecule has 4 nitrogen and oxygen atoms in total. The molecule has 2 bridgehead atoms. The third-order valence-corrected chi connectivity index (χ3v) is 6.78. The van der Waals surface area contributed by atoms with Crippen LogP contribution in [0.25, 0.3) is 4.91 Å². The van der Waals surface area contributed by atoms with Crippen molar-refractivity contribution in [2.75, 3.05) is 12.3 Å². The summed E-state index contributed by atoms with van der Waals surface area (Å²) in [6.07, 6.45) is 9.44. The van der Waals surface area contributed by atoms with Crippen molar-refractivity contribution in [2.45, 2.75) is 46.1 Å². The number of thioether (sulfide) groups is 1. The van der Waals surface area contributed by atoms with Gasteiger partial charge in [0.25, 0.3) is 0 Å². The molecule has 124 valence electrons. The highest BCUT2D eigenvalue weighted by molar-refractivity contribution is 8.08. The maximum Gasteiger partial charge on any atom is 0.230 e. The Balaban J connectivity index is 1.52. The van der Waals surface area contributed by atoms with Crippen LogP contribution in [0.2, 0.25) is 0 Å². The average Bonchev–Trinajstić information content (AvgIpc) is 3.14. The third kappa shape index (κ3) is 2.73. The van der Waals surface area contributed by atoms with Gasteiger partial charge in [0.1, 0.15) is 0 Å². The van der Waals surface area contributed by atoms with Crippen molar-refractivity contribution in [1.82, 2.24) is 15.1 Å². The van der Waals surface area contributed by atoms with Crippen LogP contribution in [0.15, 0.2) is 18.5 Å². The molecule has 1 aromatic rings. The van der Waals surface area contributed by atoms with E-state index in [4.69, 9.17) is 0 Å². The van der Waals surface area contributed by atoms with Gasteiger partial charge in [-0.15, -0.1) is 11.8 Å². The molecule has 1 saturated heterocycles. The summed E-state index contributed by atoms with van der Waals surface area (Å²) in [4.78, 5) is 16.5. The number of rotatable bonds is 2. The van der Waals surface area contributed by atoms with Crippen molar-refractivity contribution in [3.8, 4) is 0 Å². The molecule has 1 saturated carbocycles. The molecule has 1 aliphatic carbocycles. The monoisotopic (exact) mass is 331 g/mol. The molecule has 1 N–H and O–H groups in total. The predicted molar refractivity (Wildman–Crippen MR) is 93.8 cm³/mol. The highest BCUT2D eigenvalue weighted by atomic mass is 32.2. The Morgan fingerprint density at radius 3 is 2.96 bits per heavy atom. The first-order valence-corrected chi connectivity index (χ1v) is 9.48. The van der Waals surface area contributed by atoms with E-state index in [-0.39, 0.29) is 5.92 Å². The van der Waals surface area contributed by atoms with Crippen molar-refractivity contribution < 1.29 is 4.79 Å². The van der Waals surface area contributed by atoms with Crippen LogP contribution in [0.4, 0.5) is 0 Å². The first kappa shape index (κ1) is 15.3. The van der Waals surface area contributed by atoms with Crippen LogP contribution in [0.3, 0.4) is 0 Å². The second kappa shape index (κ2) is 5.13. The molecule has 1 aromatic heterocycles. The minimum atomic E-state index is 0.0240. The van der Waals surface area contributed by atoms with E-state index >= 15 is 0 Å². The fraction of sp³-hybridized carbons (Fsp3) is 0.667. The van der Waals surface area contributed by atoms with Gasteiger partial charge >= 0.3 is 0 Å². The van der Waals surface area contributed by atoms with E-state index in [1.165, 1.54) is 17.7 Å². The van der Waals surface area contributed by atoms with Crippen molar-refractivity contribution in [2.24, 2.45) is 16.7 Å². The Bertz CT molecular complexity index is 651. The maximum atomic E-state index is 13.1. The number of hydrogen-bond donors (Lipinski definition) is 1. The Labute approximate surface area is 142 Å². The van der Waals surface area contributed by atoms with Crippen LogP contribution >= 0.6 is 11.8 Å². The predicted octanol–water partition coefficient (Wildman–Crippen LogP) is 3.54. The second-order valence-electron chi connectivity index (χ2n) is 8.62. The molecule has 3 aliphatic rings. The lowest BCUT2D eigenvalue weighted by Crippen LogP contribution is -2.40. The molecule has 4 rings (SSSR count). The van der Waals surface area contributed by atoms with Crippen molar-refractivity contribution in [3.05, 3.63) is 24.0 Å². The summed E-state index contributed by atoms with van der Waals surface area (Å²) in [5.74, 6) is 1.22. The van der Waals surface area contributed by atoms with E-state index in [9.17, 15) is 4.79 Å². The normalized spacial score (nSPS) is 35.4. The summed E-state index contributed by atoms with van der Waals surface area (Å²) < 4.78 is 0. The van der Waals surface area contributed by atoms with Gasteiger partial charge in [0, 0.05) is 35.0 Å². The summed E-state index contributed by atoms with van der Waals surface area (Å²) in [5.41, 5.74) is 1.76. The highest BCUT2D eigenvalue weighted by Crippen LogP contribution is 2.53. The van der Waals surface area contributed by atoms with E-state index in [0.717, 1.165) is 24.3 Å². The molecule has 23 heavy (non-hydrogen) atoms. The molecule has 0 aromatic carbocycles. The van der Waals surface area contributed by atoms with Crippen molar-refractivity contribution in [3.63, 3.8) is 0 Å². The number of aromatic amines is 1. The maximum absolute atomic E-state index is 13.1. The average molecular weight is 331 g/mol. The number of carbonyl (C=O) groups is 1. The molecule has 1 amide bonds. The van der Waals surface area contributed by atoms with Gasteiger partial charge in [-0.05, 0) is 30.1 Å². The Hall–Kier alpha value is -1.23. The van der Waals surface area contributed by atoms with Gasteiger partial charge in [-0.1, -0.05) is 26.8 Å². The minimum Gasteiger partial charge on any atom is -0.339 e. The van der Waals surface area contributed by atoms with Gasteiger partial charge in [0.15, 0.2) is 0 Å². The molecule has 0 spiro atoms. The van der Waals surface area contributed by atoms with E-state index in [2.05, 4.69) is 41.9 Å². The number of nitrogens with one attached hydrogen (secondary N) is 1. The fourth-order valence-electron chi connectivity index (χ4n) is 5.10. The van der Waals surface area contributed by atoms with E-state index in [0.29, 0.717) is 22.8 Å². The van der Waals surface area contributed by atoms with Crippen LogP contribution in [0.1, 0.15) is 45.6 Å². The zero-order chi connectivity index (χ0) is 16.2. The largest absolute Gasteiger partial charge is 0.339 e. The molecule has 3 atom stereocenters.